The number of aromatic nitrogens is 1. The number of carbonyl (C=O) groups excluding carboxylic acids is 2. The van der Waals surface area contributed by atoms with Gasteiger partial charge in [0.05, 0.1) is 21.8 Å². The molecule has 5 aromatic rings. The van der Waals surface area contributed by atoms with E-state index in [-0.39, 0.29) is 17.1 Å². The number of phenolic OH excluding ortho intramolecular Hbond substituents is 1. The number of H-pyrrole nitrogens is 1. The number of fused-ring (bicyclic) bond motifs is 5. The number of nitrogens with one attached hydrogen (secondary N) is 3. The predicted octanol–water partition coefficient (Wildman–Crippen LogP) is 6.24. The molecule has 3 amide bonds. The molecule has 0 unspecified atom stereocenters. The van der Waals surface area contributed by atoms with Crippen molar-refractivity contribution in [3.63, 3.8) is 0 Å². The van der Waals surface area contributed by atoms with Gasteiger partial charge in [0.1, 0.15) is 11.6 Å². The number of amides is 3. The van der Waals surface area contributed by atoms with E-state index in [4.69, 9.17) is 11.6 Å². The molecule has 0 saturated heterocycles. The number of hydrogen-bond donors (Lipinski definition) is 4. The average molecular weight is 462 g/mol. The van der Waals surface area contributed by atoms with Gasteiger partial charge in [0.25, 0.3) is 5.91 Å². The molecule has 0 saturated carbocycles. The molecule has 164 valence electrons. The molecule has 0 radical (unpaired) electrons. The smallest absolute Gasteiger partial charge is 0.326 e. The van der Waals surface area contributed by atoms with Crippen LogP contribution in [0.25, 0.3) is 32.6 Å². The maximum Gasteiger partial charge on any atom is 0.326 e. The van der Waals surface area contributed by atoms with E-state index in [1.165, 1.54) is 18.2 Å². The Hall–Kier alpha value is -4.10. The molecule has 1 heterocycles. The summed E-state index contributed by atoms with van der Waals surface area (Å²) >= 11 is 6.03. The van der Waals surface area contributed by atoms with Crippen LogP contribution in [0.15, 0.2) is 60.7 Å². The van der Waals surface area contributed by atoms with Gasteiger partial charge in [0.2, 0.25) is 0 Å². The number of para-hydroxylation sites is 1. The molecule has 0 aliphatic carbocycles. The summed E-state index contributed by atoms with van der Waals surface area (Å²) in [6.07, 6.45) is 0. The van der Waals surface area contributed by atoms with Crippen molar-refractivity contribution in [2.45, 2.75) is 6.92 Å². The minimum atomic E-state index is -0.779. The van der Waals surface area contributed by atoms with E-state index >= 15 is 0 Å². The van der Waals surface area contributed by atoms with Crippen LogP contribution in [0, 0.1) is 12.7 Å². The fourth-order valence-electron chi connectivity index (χ4n) is 4.08. The van der Waals surface area contributed by atoms with E-state index in [1.54, 1.807) is 43.3 Å². The molecule has 1 aromatic heterocycles. The summed E-state index contributed by atoms with van der Waals surface area (Å²) in [6, 6.07) is 15.5. The van der Waals surface area contributed by atoms with Crippen molar-refractivity contribution in [2.75, 3.05) is 5.32 Å². The highest BCUT2D eigenvalue weighted by Crippen LogP contribution is 2.37. The van der Waals surface area contributed by atoms with Gasteiger partial charge in [-0.15, -0.1) is 0 Å². The summed E-state index contributed by atoms with van der Waals surface area (Å²) < 4.78 is 13.8. The molecule has 8 heteroatoms. The van der Waals surface area contributed by atoms with Crippen LogP contribution >= 0.6 is 11.6 Å². The van der Waals surface area contributed by atoms with Gasteiger partial charge in [-0.2, -0.15) is 0 Å². The average Bonchev–Trinajstić information content (AvgIpc) is 3.15. The first-order valence-corrected chi connectivity index (χ1v) is 10.4. The zero-order chi connectivity index (χ0) is 23.3. The molecule has 0 aliphatic rings. The highest BCUT2D eigenvalue weighted by molar-refractivity contribution is 6.33. The SMILES string of the molecule is Cc1c(O)c(C(=O)NC(=O)Nc2ccccc2Cl)cc2ccc3c4cc(F)ccc4[nH]c3c12. The summed E-state index contributed by atoms with van der Waals surface area (Å²) in [6.45, 7) is 1.68. The number of halogens is 2. The van der Waals surface area contributed by atoms with Crippen molar-refractivity contribution in [2.24, 2.45) is 0 Å². The minimum Gasteiger partial charge on any atom is -0.507 e. The number of urea groups is 1. The first-order chi connectivity index (χ1) is 15.8. The third-order valence-corrected chi connectivity index (χ3v) is 5.98. The van der Waals surface area contributed by atoms with E-state index in [2.05, 4.69) is 15.6 Å². The van der Waals surface area contributed by atoms with Gasteiger partial charge in [0.15, 0.2) is 0 Å². The van der Waals surface area contributed by atoms with Crippen LogP contribution in [0.4, 0.5) is 14.9 Å². The van der Waals surface area contributed by atoms with Crippen molar-refractivity contribution >= 4 is 61.8 Å². The number of benzene rings is 4. The Bertz CT molecular complexity index is 1610. The second-order valence-corrected chi connectivity index (χ2v) is 8.09. The third kappa shape index (κ3) is 3.52. The standard InChI is InChI=1S/C25H17ClFN3O3/c1-12-21-13(6-8-15-16-11-14(27)7-9-19(16)28-22(15)21)10-17(23(12)31)24(32)30-25(33)29-20-5-3-2-4-18(20)26/h2-11,28,31H,1H3,(H2,29,30,32,33). The zero-order valence-corrected chi connectivity index (χ0v) is 18.0. The normalized spacial score (nSPS) is 11.2. The fraction of sp³-hybridized carbons (Fsp3) is 0.0400. The Morgan fingerprint density at radius 2 is 1.82 bits per heavy atom. The minimum absolute atomic E-state index is 0.0455. The molecule has 0 fully saturated rings. The molecule has 0 aliphatic heterocycles. The van der Waals surface area contributed by atoms with E-state index in [1.807, 2.05) is 6.07 Å². The molecule has 0 bridgehead atoms. The number of carbonyl (C=O) groups is 2. The summed E-state index contributed by atoms with van der Waals surface area (Å²) in [4.78, 5) is 28.3. The number of rotatable bonds is 2. The van der Waals surface area contributed by atoms with Crippen LogP contribution in [-0.2, 0) is 0 Å². The second-order valence-electron chi connectivity index (χ2n) is 7.69. The van der Waals surface area contributed by atoms with E-state index in [9.17, 15) is 19.1 Å². The van der Waals surface area contributed by atoms with Crippen LogP contribution in [0.5, 0.6) is 5.75 Å². The first-order valence-electron chi connectivity index (χ1n) is 10.1. The van der Waals surface area contributed by atoms with Gasteiger partial charge in [-0.25, -0.2) is 9.18 Å². The maximum atomic E-state index is 13.8. The summed E-state index contributed by atoms with van der Waals surface area (Å²) in [5, 5.41) is 18.8. The number of anilines is 1. The predicted molar refractivity (Wildman–Crippen MR) is 128 cm³/mol. The molecule has 5 rings (SSSR count). The lowest BCUT2D eigenvalue weighted by Crippen LogP contribution is -2.34. The topological polar surface area (TPSA) is 94.2 Å². The Morgan fingerprint density at radius 1 is 1.03 bits per heavy atom. The second kappa shape index (κ2) is 7.79. The molecule has 6 nitrogen and oxygen atoms in total. The molecule has 0 atom stereocenters. The number of hydrogen-bond acceptors (Lipinski definition) is 3. The molecular formula is C25H17ClFN3O3. The number of imide groups is 1. The van der Waals surface area contributed by atoms with Crippen LogP contribution in [0.3, 0.4) is 0 Å². The van der Waals surface area contributed by atoms with Gasteiger partial charge < -0.3 is 15.4 Å². The Kier molecular flexibility index (Phi) is 4.91. The van der Waals surface area contributed by atoms with E-state index < -0.39 is 11.9 Å². The van der Waals surface area contributed by atoms with Crippen molar-refractivity contribution in [3.05, 3.63) is 82.6 Å². The van der Waals surface area contributed by atoms with Gasteiger partial charge in [-0.05, 0) is 48.7 Å². The number of aromatic hydroxyl groups is 1. The molecule has 33 heavy (non-hydrogen) atoms. The third-order valence-electron chi connectivity index (χ3n) is 5.65. The Balaban J connectivity index is 1.54. The van der Waals surface area contributed by atoms with E-state index in [0.29, 0.717) is 27.0 Å². The van der Waals surface area contributed by atoms with Crippen molar-refractivity contribution < 1.29 is 19.1 Å². The zero-order valence-electron chi connectivity index (χ0n) is 17.3. The number of aryl methyl sites for hydroxylation is 1. The largest absolute Gasteiger partial charge is 0.507 e. The molecule has 4 N–H and O–H groups in total. The van der Waals surface area contributed by atoms with Gasteiger partial charge in [-0.3, -0.25) is 10.1 Å². The lowest BCUT2D eigenvalue weighted by molar-refractivity contribution is 0.0964. The van der Waals surface area contributed by atoms with Crippen molar-refractivity contribution in [3.8, 4) is 5.75 Å². The van der Waals surface area contributed by atoms with Crippen LogP contribution in [0.2, 0.25) is 5.02 Å². The number of aromatic amines is 1. The van der Waals surface area contributed by atoms with E-state index in [0.717, 1.165) is 21.8 Å². The fourth-order valence-corrected chi connectivity index (χ4v) is 4.27. The van der Waals surface area contributed by atoms with Crippen molar-refractivity contribution in [1.82, 2.24) is 10.3 Å². The van der Waals surface area contributed by atoms with Crippen LogP contribution in [-0.4, -0.2) is 22.0 Å². The van der Waals surface area contributed by atoms with Crippen LogP contribution < -0.4 is 10.6 Å². The van der Waals surface area contributed by atoms with Gasteiger partial charge >= 0.3 is 6.03 Å². The van der Waals surface area contributed by atoms with Gasteiger partial charge in [-0.1, -0.05) is 35.9 Å². The molecule has 0 spiro atoms. The monoisotopic (exact) mass is 461 g/mol. The first kappa shape index (κ1) is 20.8. The Morgan fingerprint density at radius 3 is 2.61 bits per heavy atom. The molecule has 4 aromatic carbocycles. The quantitative estimate of drug-likeness (QED) is 0.250. The maximum absolute atomic E-state index is 13.8. The summed E-state index contributed by atoms with van der Waals surface area (Å²) in [5.41, 5.74) is 2.25. The lowest BCUT2D eigenvalue weighted by Gasteiger charge is -2.13. The van der Waals surface area contributed by atoms with Gasteiger partial charge in [0, 0.05) is 27.2 Å². The van der Waals surface area contributed by atoms with Crippen LogP contribution in [0.1, 0.15) is 15.9 Å². The summed E-state index contributed by atoms with van der Waals surface area (Å²) in [7, 11) is 0. The summed E-state index contributed by atoms with van der Waals surface area (Å²) in [5.74, 6) is -1.35. The lowest BCUT2D eigenvalue weighted by atomic mass is 9.97. The Labute approximate surface area is 192 Å². The highest BCUT2D eigenvalue weighted by atomic mass is 35.5. The number of phenols is 1. The molecular weight excluding hydrogens is 445 g/mol. The van der Waals surface area contributed by atoms with Crippen molar-refractivity contribution in [1.29, 1.82) is 0 Å². The highest BCUT2D eigenvalue weighted by Gasteiger charge is 2.20.